The van der Waals surface area contributed by atoms with Gasteiger partial charge in [-0.2, -0.15) is 0 Å². The van der Waals surface area contributed by atoms with Crippen molar-refractivity contribution in [3.63, 3.8) is 0 Å². The number of rotatable bonds is 3. The molecule has 2 atom stereocenters. The highest BCUT2D eigenvalue weighted by Crippen LogP contribution is 2.56. The molecule has 0 fully saturated rings. The fourth-order valence-corrected chi connectivity index (χ4v) is 25.5. The van der Waals surface area contributed by atoms with E-state index in [2.05, 4.69) is 264 Å². The van der Waals surface area contributed by atoms with Gasteiger partial charge in [0.05, 0.1) is 110 Å². The van der Waals surface area contributed by atoms with Gasteiger partial charge in [0.15, 0.2) is 0 Å². The summed E-state index contributed by atoms with van der Waals surface area (Å²) in [6.45, 7) is 28.1. The fraction of sp³-hybridized carbons (Fsp3) is 0.290. The first-order valence-electron chi connectivity index (χ1n) is 44.4. The van der Waals surface area contributed by atoms with Crippen LogP contribution in [0.5, 0.6) is 0 Å². The maximum absolute atomic E-state index is 6.20. The molecule has 580 valence electrons. The lowest BCUT2D eigenvalue weighted by Gasteiger charge is -2.35. The first-order chi connectivity index (χ1) is 57.8. The minimum Gasteiger partial charge on any atom is -0.277 e. The van der Waals surface area contributed by atoms with E-state index >= 15 is 0 Å². The third kappa shape index (κ3) is 8.10. The summed E-state index contributed by atoms with van der Waals surface area (Å²) in [5.41, 5.74) is 51.3. The molecular weight excluding hydrogens is 1450 g/mol. The monoisotopic (exact) mass is 1540 g/mol. The molecule has 0 bridgehead atoms. The largest absolute Gasteiger partial charge is 0.277 e. The molecule has 0 saturated carbocycles. The van der Waals surface area contributed by atoms with Crippen LogP contribution in [0.15, 0.2) is 146 Å². The van der Waals surface area contributed by atoms with Crippen molar-refractivity contribution in [2.45, 2.75) is 190 Å². The molecule has 24 aromatic rings. The molecule has 119 heavy (non-hydrogen) atoms. The zero-order chi connectivity index (χ0) is 79.2. The van der Waals surface area contributed by atoms with Crippen molar-refractivity contribution in [2.24, 2.45) is 11.8 Å². The van der Waals surface area contributed by atoms with E-state index < -0.39 is 0 Å². The van der Waals surface area contributed by atoms with E-state index in [0.717, 1.165) is 98.4 Å². The lowest BCUT2D eigenvalue weighted by atomic mass is 9.70. The molecule has 12 aromatic heterocycles. The van der Waals surface area contributed by atoms with Crippen LogP contribution in [0.4, 0.5) is 0 Å². The second kappa shape index (κ2) is 22.2. The highest BCUT2D eigenvalue weighted by Gasteiger charge is 2.40. The molecule has 12 aromatic carbocycles. The molecule has 0 amide bonds. The van der Waals surface area contributed by atoms with Crippen molar-refractivity contribution >= 4 is 177 Å². The van der Waals surface area contributed by atoms with Crippen molar-refractivity contribution in [3.8, 4) is 22.3 Å². The molecular formula is C107H92N12. The fourth-order valence-electron chi connectivity index (χ4n) is 25.5. The van der Waals surface area contributed by atoms with Gasteiger partial charge in [-0.05, 0) is 326 Å². The first kappa shape index (κ1) is 66.7. The number of hydrogen-bond acceptors (Lipinski definition) is 4. The van der Waals surface area contributed by atoms with Crippen LogP contribution in [0.25, 0.3) is 199 Å². The van der Waals surface area contributed by atoms with Crippen molar-refractivity contribution in [2.75, 3.05) is 0 Å². The Labute approximate surface area is 686 Å². The van der Waals surface area contributed by atoms with E-state index in [-0.39, 0.29) is 10.8 Å². The summed E-state index contributed by atoms with van der Waals surface area (Å²) in [5.74, 6) is 4.93. The lowest BCUT2D eigenvalue weighted by Crippen LogP contribution is -2.27. The third-order valence-electron chi connectivity index (χ3n) is 31.0. The molecule has 0 aliphatic heterocycles. The maximum atomic E-state index is 6.20. The molecule has 12 nitrogen and oxygen atoms in total. The third-order valence-corrected chi connectivity index (χ3v) is 31.0. The molecule has 12 heterocycles. The van der Waals surface area contributed by atoms with E-state index in [1.165, 1.54) is 286 Å². The Balaban J connectivity index is 0.662. The number of benzene rings is 12. The quantitative estimate of drug-likeness (QED) is 0.165. The Bertz CT molecular complexity index is 8700. The van der Waals surface area contributed by atoms with Crippen molar-refractivity contribution in [1.29, 1.82) is 0 Å². The zero-order valence-corrected chi connectivity index (χ0v) is 70.0. The minimum absolute atomic E-state index is 0.0778. The second-order valence-corrected chi connectivity index (χ2v) is 39.6. The number of aromatic nitrogens is 12. The molecule has 0 radical (unpaired) electrons. The average molecular weight is 1550 g/mol. The SMILES string of the molecule is Cc1cccc(C)c1-c1ccc2c(c1)c1c3c4c(c5cc(-c6c(C)cccc6C)ccc5n4c4nc5c6c(ccc5n34)CCC(C3CCc4ccc5c(nc7n5c5c8c9cc(C(C)(C)C)cc(C)c9n9c8c(c8c%10cc(C(C)(C)C)cc(C)c%10n7c85)n5c7ccc8c(c7nc59)CCCCC8)c4C3)C6)c3c1n2c1nc2c4c(ccc2n31)CCCC4. The Morgan fingerprint density at radius 2 is 0.588 bits per heavy atom. The molecule has 4 aliphatic carbocycles. The van der Waals surface area contributed by atoms with Crippen LogP contribution in [0.1, 0.15) is 176 Å². The van der Waals surface area contributed by atoms with Crippen molar-refractivity contribution in [1.82, 2.24) is 55.1 Å². The summed E-state index contributed by atoms with van der Waals surface area (Å²) < 4.78 is 20.8. The molecule has 12 heteroatoms. The van der Waals surface area contributed by atoms with E-state index in [0.29, 0.717) is 11.8 Å². The highest BCUT2D eigenvalue weighted by atomic mass is 15.2. The number of hydrogen-bond donors (Lipinski definition) is 0. The van der Waals surface area contributed by atoms with Crippen LogP contribution in [0.3, 0.4) is 0 Å². The lowest BCUT2D eigenvalue weighted by molar-refractivity contribution is 0.272. The van der Waals surface area contributed by atoms with E-state index in [4.69, 9.17) is 19.9 Å². The van der Waals surface area contributed by atoms with Crippen LogP contribution in [-0.4, -0.2) is 55.1 Å². The van der Waals surface area contributed by atoms with Crippen LogP contribution in [0, 0.1) is 53.4 Å². The summed E-state index contributed by atoms with van der Waals surface area (Å²) in [6, 6.07) is 57.9. The summed E-state index contributed by atoms with van der Waals surface area (Å²) in [6.07, 6.45) is 16.8. The molecule has 0 spiro atoms. The van der Waals surface area contributed by atoms with Crippen molar-refractivity contribution in [3.05, 3.63) is 235 Å². The zero-order valence-electron chi connectivity index (χ0n) is 70.0. The second-order valence-electron chi connectivity index (χ2n) is 39.6. The topological polar surface area (TPSA) is 86.8 Å². The standard InChI is InChI=1S/C107H92N12/c1-52-20-18-21-53(2)82(52)64-36-38-76-72(48-64)85-94-96(114-78-40-33-59-25-16-17-27-69(59)88(78)108-102(114)112(76)94)84-73-49-65(83-54(3)22-19-23-55(83)4)37-39-77(73)113-95(84)97(85)115-80-42-34-60-28-30-62(46-70(60)90(80)110-103(113)115)63-31-29-61-35-43-81-91(71(61)47-63)111-105-117(81)99-87-75-51-66(106(7,8)9)44-56(5)92(75)118-100(87)98(86-74-50-67(107(10,11)12)45-57(6)93(74)119(105)101(86)99)116-79-41-32-58-24-14-13-15-26-68(58)89(79)109-104(116)118/h18-23,32-45,48-51,62-63H,13-17,24-31,46-47H2,1-12H3. The van der Waals surface area contributed by atoms with Crippen LogP contribution >= 0.6 is 0 Å². The van der Waals surface area contributed by atoms with Crippen LogP contribution in [-0.2, 0) is 62.2 Å². The smallest absolute Gasteiger partial charge is 0.220 e. The first-order valence-corrected chi connectivity index (χ1v) is 44.4. The molecule has 0 saturated heterocycles. The minimum atomic E-state index is -0.0778. The van der Waals surface area contributed by atoms with Gasteiger partial charge >= 0.3 is 0 Å². The van der Waals surface area contributed by atoms with Gasteiger partial charge in [0.25, 0.3) is 0 Å². The van der Waals surface area contributed by atoms with Crippen LogP contribution in [0.2, 0.25) is 0 Å². The summed E-state index contributed by atoms with van der Waals surface area (Å²) >= 11 is 0. The maximum Gasteiger partial charge on any atom is 0.220 e. The average Bonchev–Trinajstić information content (AvgIpc) is 1.48. The Morgan fingerprint density at radius 1 is 0.277 bits per heavy atom. The van der Waals surface area contributed by atoms with Gasteiger partial charge in [0.1, 0.15) is 0 Å². The normalized spacial score (nSPS) is 16.9. The van der Waals surface area contributed by atoms with E-state index in [1.54, 1.807) is 0 Å². The molecule has 2 unspecified atom stereocenters. The van der Waals surface area contributed by atoms with Gasteiger partial charge < -0.3 is 0 Å². The van der Waals surface area contributed by atoms with Gasteiger partial charge in [-0.1, -0.05) is 133 Å². The van der Waals surface area contributed by atoms with Gasteiger partial charge in [0.2, 0.25) is 23.1 Å². The predicted molar refractivity (Wildman–Crippen MR) is 492 cm³/mol. The number of imidazole rings is 8. The Hall–Kier alpha value is -12.3. The van der Waals surface area contributed by atoms with E-state index in [9.17, 15) is 0 Å². The van der Waals surface area contributed by atoms with Gasteiger partial charge in [-0.15, -0.1) is 0 Å². The van der Waals surface area contributed by atoms with Crippen molar-refractivity contribution < 1.29 is 0 Å². The molecule has 0 N–H and O–H groups in total. The summed E-state index contributed by atoms with van der Waals surface area (Å²) in [4.78, 5) is 24.2. The Kier molecular flexibility index (Phi) is 12.4. The number of fused-ring (bicyclic) bond motifs is 44. The summed E-state index contributed by atoms with van der Waals surface area (Å²) in [5, 5.41) is 10.2. The molecule has 28 rings (SSSR count). The van der Waals surface area contributed by atoms with Gasteiger partial charge in [-0.3, -0.25) is 35.2 Å². The van der Waals surface area contributed by atoms with Crippen LogP contribution < -0.4 is 0 Å². The number of aryl methyl sites for hydroxylation is 12. The highest BCUT2D eigenvalue weighted by molar-refractivity contribution is 6.39. The predicted octanol–water partition coefficient (Wildman–Crippen LogP) is 25.7. The molecule has 4 aliphatic rings. The van der Waals surface area contributed by atoms with Gasteiger partial charge in [0, 0.05) is 43.1 Å². The number of nitrogens with zero attached hydrogens (tertiary/aromatic N) is 12. The summed E-state index contributed by atoms with van der Waals surface area (Å²) in [7, 11) is 0. The van der Waals surface area contributed by atoms with E-state index in [1.807, 2.05) is 0 Å². The van der Waals surface area contributed by atoms with Gasteiger partial charge in [-0.25, -0.2) is 19.9 Å². The Morgan fingerprint density at radius 3 is 0.975 bits per heavy atom.